The lowest BCUT2D eigenvalue weighted by molar-refractivity contribution is -0.163. The molecule has 0 aliphatic rings. The van der Waals surface area contributed by atoms with Crippen molar-refractivity contribution in [1.82, 2.24) is 4.90 Å². The Bertz CT molecular complexity index is 275. The Balaban J connectivity index is 4.63. The Kier molecular flexibility index (Phi) is 7.02. The summed E-state index contributed by atoms with van der Waals surface area (Å²) in [7, 11) is 0. The maximum Gasteiger partial charge on any atom is 0.317 e. The van der Waals surface area contributed by atoms with E-state index in [1.54, 1.807) is 0 Å². The maximum atomic E-state index is 10.5. The summed E-state index contributed by atoms with van der Waals surface area (Å²) in [5.74, 6) is -2.62. The molecule has 0 aromatic heterocycles. The molecule has 0 heterocycles. The van der Waals surface area contributed by atoms with Crippen LogP contribution in [-0.2, 0) is 28.7 Å². The zero-order valence-corrected chi connectivity index (χ0v) is 8.64. The van der Waals surface area contributed by atoms with E-state index in [1.807, 2.05) is 0 Å². The average Bonchev–Trinajstić information content (AvgIpc) is 2.22. The summed E-state index contributed by atoms with van der Waals surface area (Å²) < 4.78 is 8.74. The molecule has 0 aromatic carbocycles. The van der Waals surface area contributed by atoms with Crippen molar-refractivity contribution in [1.29, 1.82) is 0 Å². The van der Waals surface area contributed by atoms with Crippen LogP contribution in [0.15, 0.2) is 0 Å². The van der Waals surface area contributed by atoms with Crippen molar-refractivity contribution >= 4 is 24.9 Å². The van der Waals surface area contributed by atoms with Crippen molar-refractivity contribution in [2.24, 2.45) is 0 Å². The lowest BCUT2D eigenvalue weighted by atomic mass is 10.4. The molecule has 9 nitrogen and oxygen atoms in total. The SMILES string of the molecule is O=COCC(OC=O)N(CC(=O)O)CC(=O)O. The molecule has 9 heteroatoms. The first kappa shape index (κ1) is 14.8. The number of ether oxygens (including phenoxy) is 2. The average molecular weight is 249 g/mol. The van der Waals surface area contributed by atoms with Crippen LogP contribution in [0.4, 0.5) is 0 Å². The molecule has 0 aliphatic carbocycles. The van der Waals surface area contributed by atoms with Crippen LogP contribution in [-0.4, -0.2) is 65.9 Å². The highest BCUT2D eigenvalue weighted by molar-refractivity contribution is 5.72. The van der Waals surface area contributed by atoms with Crippen LogP contribution in [0, 0.1) is 0 Å². The minimum Gasteiger partial charge on any atom is -0.480 e. The second-order valence-electron chi connectivity index (χ2n) is 2.81. The number of aliphatic carboxylic acids is 2. The van der Waals surface area contributed by atoms with Gasteiger partial charge in [0.25, 0.3) is 12.9 Å². The third kappa shape index (κ3) is 6.84. The minimum absolute atomic E-state index is 0.00945. The van der Waals surface area contributed by atoms with Crippen LogP contribution in [0.25, 0.3) is 0 Å². The van der Waals surface area contributed by atoms with Crippen molar-refractivity contribution in [2.75, 3.05) is 19.7 Å². The first-order valence-corrected chi connectivity index (χ1v) is 4.33. The normalized spacial score (nSPS) is 11.6. The lowest BCUT2D eigenvalue weighted by Gasteiger charge is -2.25. The molecule has 0 saturated heterocycles. The van der Waals surface area contributed by atoms with Crippen LogP contribution >= 0.6 is 0 Å². The van der Waals surface area contributed by atoms with Crippen molar-refractivity contribution in [3.05, 3.63) is 0 Å². The summed E-state index contributed by atoms with van der Waals surface area (Å²) in [5.41, 5.74) is 0. The molecule has 0 aliphatic heterocycles. The summed E-state index contributed by atoms with van der Waals surface area (Å²) in [6.07, 6.45) is -1.26. The zero-order valence-electron chi connectivity index (χ0n) is 8.64. The van der Waals surface area contributed by atoms with E-state index < -0.39 is 37.9 Å². The summed E-state index contributed by atoms with van der Waals surface area (Å²) in [5, 5.41) is 17.1. The van der Waals surface area contributed by atoms with Gasteiger partial charge in [0.2, 0.25) is 0 Å². The van der Waals surface area contributed by atoms with Crippen molar-refractivity contribution in [3.8, 4) is 0 Å². The minimum atomic E-state index is -1.31. The largest absolute Gasteiger partial charge is 0.480 e. The molecule has 0 aromatic rings. The molecule has 1 unspecified atom stereocenters. The summed E-state index contributed by atoms with van der Waals surface area (Å²) in [4.78, 5) is 41.9. The molecule has 0 amide bonds. The van der Waals surface area contributed by atoms with E-state index >= 15 is 0 Å². The van der Waals surface area contributed by atoms with E-state index in [9.17, 15) is 19.2 Å². The lowest BCUT2D eigenvalue weighted by Crippen LogP contribution is -2.46. The van der Waals surface area contributed by atoms with E-state index in [4.69, 9.17) is 10.2 Å². The topological polar surface area (TPSA) is 130 Å². The fraction of sp³-hybridized carbons (Fsp3) is 0.500. The van der Waals surface area contributed by atoms with Gasteiger partial charge in [-0.05, 0) is 0 Å². The van der Waals surface area contributed by atoms with Crippen molar-refractivity contribution in [3.63, 3.8) is 0 Å². The van der Waals surface area contributed by atoms with Gasteiger partial charge < -0.3 is 19.7 Å². The van der Waals surface area contributed by atoms with Gasteiger partial charge in [0.05, 0.1) is 0 Å². The third-order valence-corrected chi connectivity index (χ3v) is 1.60. The van der Waals surface area contributed by atoms with Gasteiger partial charge in [0, 0.05) is 0 Å². The molecule has 17 heavy (non-hydrogen) atoms. The Labute approximate surface area is 95.5 Å². The highest BCUT2D eigenvalue weighted by Gasteiger charge is 2.24. The standard InChI is InChI=1S/C8H11NO8/c10-4-16-3-6(17-5-11)9(1-7(12)13)2-8(14)15/h4-6H,1-3H2,(H,12,13)(H,14,15). The molecule has 0 spiro atoms. The highest BCUT2D eigenvalue weighted by atomic mass is 16.6. The highest BCUT2D eigenvalue weighted by Crippen LogP contribution is 2.01. The van der Waals surface area contributed by atoms with Crippen LogP contribution < -0.4 is 0 Å². The number of hydrogen-bond acceptors (Lipinski definition) is 7. The Morgan fingerprint density at radius 2 is 1.65 bits per heavy atom. The van der Waals surface area contributed by atoms with Gasteiger partial charge in [-0.2, -0.15) is 0 Å². The first-order valence-electron chi connectivity index (χ1n) is 4.33. The monoisotopic (exact) mass is 249 g/mol. The summed E-state index contributed by atoms with van der Waals surface area (Å²) in [6, 6.07) is 0. The number of hydrogen-bond donors (Lipinski definition) is 2. The third-order valence-electron chi connectivity index (χ3n) is 1.60. The van der Waals surface area contributed by atoms with Gasteiger partial charge in [-0.25, -0.2) is 4.90 Å². The molecule has 0 fully saturated rings. The van der Waals surface area contributed by atoms with E-state index in [0.717, 1.165) is 4.90 Å². The van der Waals surface area contributed by atoms with Gasteiger partial charge in [-0.1, -0.05) is 0 Å². The van der Waals surface area contributed by atoms with Gasteiger partial charge in [-0.15, -0.1) is 0 Å². The van der Waals surface area contributed by atoms with Crippen LogP contribution in [0.1, 0.15) is 0 Å². The van der Waals surface area contributed by atoms with Crippen LogP contribution in [0.5, 0.6) is 0 Å². The molecular weight excluding hydrogens is 238 g/mol. The van der Waals surface area contributed by atoms with Gasteiger partial charge in [-0.3, -0.25) is 19.2 Å². The molecule has 0 bridgehead atoms. The molecule has 96 valence electrons. The molecule has 0 rings (SSSR count). The zero-order chi connectivity index (χ0) is 13.3. The Morgan fingerprint density at radius 1 is 1.12 bits per heavy atom. The summed E-state index contributed by atoms with van der Waals surface area (Å²) >= 11 is 0. The molecule has 1 atom stereocenters. The second kappa shape index (κ2) is 8.05. The van der Waals surface area contributed by atoms with Crippen LogP contribution in [0.3, 0.4) is 0 Å². The fourth-order valence-corrected chi connectivity index (χ4v) is 1.02. The predicted octanol–water partition coefficient (Wildman–Crippen LogP) is -1.87. The summed E-state index contributed by atoms with van der Waals surface area (Å²) in [6.45, 7) is -1.72. The number of carboxylic acids is 2. The molecule has 0 saturated carbocycles. The Hall–Kier alpha value is -2.16. The first-order chi connectivity index (χ1) is 8.01. The fourth-order valence-electron chi connectivity index (χ4n) is 1.02. The van der Waals surface area contributed by atoms with E-state index in [1.165, 1.54) is 0 Å². The Morgan fingerprint density at radius 3 is 2.00 bits per heavy atom. The quantitative estimate of drug-likeness (QED) is 0.337. The molecule has 0 radical (unpaired) electrons. The smallest absolute Gasteiger partial charge is 0.317 e. The number of carboxylic acid groups (broad SMARTS) is 2. The van der Waals surface area contributed by atoms with E-state index in [-0.39, 0.29) is 12.9 Å². The number of carbonyl (C=O) groups is 4. The van der Waals surface area contributed by atoms with Crippen molar-refractivity contribution in [2.45, 2.75) is 6.23 Å². The van der Waals surface area contributed by atoms with Crippen LogP contribution in [0.2, 0.25) is 0 Å². The number of nitrogens with zero attached hydrogens (tertiary/aromatic N) is 1. The number of rotatable bonds is 10. The van der Waals surface area contributed by atoms with Gasteiger partial charge in [0.15, 0.2) is 6.23 Å². The van der Waals surface area contributed by atoms with Gasteiger partial charge in [0.1, 0.15) is 19.7 Å². The van der Waals surface area contributed by atoms with E-state index in [2.05, 4.69) is 9.47 Å². The van der Waals surface area contributed by atoms with Gasteiger partial charge >= 0.3 is 11.9 Å². The molecule has 2 N–H and O–H groups in total. The van der Waals surface area contributed by atoms with Crippen molar-refractivity contribution < 1.29 is 38.9 Å². The predicted molar refractivity (Wildman–Crippen MR) is 49.8 cm³/mol. The van der Waals surface area contributed by atoms with E-state index in [0.29, 0.717) is 0 Å². The number of carbonyl (C=O) groups excluding carboxylic acids is 2. The molecular formula is C8H11NO8. The maximum absolute atomic E-state index is 10.5. The second-order valence-corrected chi connectivity index (χ2v) is 2.81.